The molecule has 9 N–H and O–H groups in total. The van der Waals surface area contributed by atoms with Crippen LogP contribution in [0.4, 0.5) is 11.4 Å². The predicted molar refractivity (Wildman–Crippen MR) is 581 cm³/mol. The summed E-state index contributed by atoms with van der Waals surface area (Å²) in [5.74, 6) is 0.493. The predicted octanol–water partition coefficient (Wildman–Crippen LogP) is 23.5. The zero-order chi connectivity index (χ0) is 99.0. The van der Waals surface area contributed by atoms with E-state index < -0.39 is 0 Å². The third-order valence-corrected chi connectivity index (χ3v) is 30.8. The van der Waals surface area contributed by atoms with Gasteiger partial charge < -0.3 is 85.1 Å². The number of aryl methyl sites for hydroxylation is 3. The Kier molecular flexibility index (Phi) is 34.7. The Balaban J connectivity index is 0.000000117. The number of rotatable bonds is 17. The minimum Gasteiger partial charge on any atom is -0.382 e. The highest BCUT2D eigenvalue weighted by Crippen LogP contribution is 2.33. The summed E-state index contributed by atoms with van der Waals surface area (Å²) in [7, 11) is 0. The number of anilines is 2. The largest absolute Gasteiger partial charge is 0.382 e. The van der Waals surface area contributed by atoms with Gasteiger partial charge >= 0.3 is 0 Å². The Morgan fingerprint density at radius 2 is 0.577 bits per heavy atom. The lowest BCUT2D eigenvalue weighted by Gasteiger charge is -2.36. The van der Waals surface area contributed by atoms with Gasteiger partial charge in [0, 0.05) is 242 Å². The topological polar surface area (TPSA) is 262 Å². The maximum atomic E-state index is 12.8. The van der Waals surface area contributed by atoms with Crippen LogP contribution in [0.3, 0.4) is 0 Å². The molecule has 1 saturated carbocycles. The normalized spacial score (nSPS) is 17.3. The van der Waals surface area contributed by atoms with Crippen molar-refractivity contribution in [3.63, 3.8) is 0 Å². The second-order valence-electron chi connectivity index (χ2n) is 39.3. The molecular formula is C112H132Cl6N18O6. The fourth-order valence-corrected chi connectivity index (χ4v) is 21.9. The quantitative estimate of drug-likeness (QED) is 0.0412. The molecule has 6 amide bonds. The van der Waals surface area contributed by atoms with Crippen molar-refractivity contribution in [2.24, 2.45) is 0 Å². The zero-order valence-electron chi connectivity index (χ0n) is 82.0. The van der Waals surface area contributed by atoms with E-state index in [2.05, 4.69) is 138 Å². The molecule has 0 spiro atoms. The van der Waals surface area contributed by atoms with Gasteiger partial charge in [0.1, 0.15) is 34.2 Å². The summed E-state index contributed by atoms with van der Waals surface area (Å²) in [5.41, 5.74) is 15.8. The van der Waals surface area contributed by atoms with Crippen LogP contribution in [0.1, 0.15) is 196 Å². The number of amides is 6. The number of unbranched alkanes of at least 4 members (excludes halogenated alkanes) is 1. The van der Waals surface area contributed by atoms with E-state index >= 15 is 0 Å². The Morgan fingerprint density at radius 1 is 0.289 bits per heavy atom. The number of nitrogens with one attached hydrogen (secondary N) is 9. The van der Waals surface area contributed by atoms with Crippen LogP contribution in [0.25, 0.3) is 65.4 Å². The number of aromatic nitrogens is 6. The van der Waals surface area contributed by atoms with Crippen molar-refractivity contribution in [1.82, 2.24) is 79.3 Å². The van der Waals surface area contributed by atoms with Gasteiger partial charge in [-0.15, -0.1) is 0 Å². The third kappa shape index (κ3) is 26.6. The van der Waals surface area contributed by atoms with Crippen molar-refractivity contribution < 1.29 is 28.8 Å². The molecule has 8 aromatic carbocycles. The van der Waals surface area contributed by atoms with E-state index in [0.717, 1.165) is 246 Å². The smallest absolute Gasteiger partial charge is 0.270 e. The summed E-state index contributed by atoms with van der Waals surface area (Å²) in [6, 6.07) is 62.9. The molecule has 1 aliphatic carbocycles. The van der Waals surface area contributed by atoms with E-state index in [4.69, 9.17) is 69.6 Å². The summed E-state index contributed by atoms with van der Waals surface area (Å²) in [6.07, 6.45) is 18.6. The number of piperazine rings is 2. The van der Waals surface area contributed by atoms with Gasteiger partial charge in [0.05, 0.1) is 0 Å². The molecule has 30 heteroatoms. The minimum atomic E-state index is 0.0612. The van der Waals surface area contributed by atoms with Gasteiger partial charge in [0.15, 0.2) is 0 Å². The number of halogens is 6. The van der Waals surface area contributed by atoms with Crippen molar-refractivity contribution in [3.05, 3.63) is 269 Å². The number of carbonyl (C=O) groups is 6. The molecule has 748 valence electrons. The number of hydrogen-bond acceptors (Lipinski definition) is 12. The number of nitrogens with zero attached hydrogens (tertiary/aromatic N) is 9. The fourth-order valence-electron chi connectivity index (χ4n) is 20.8. The van der Waals surface area contributed by atoms with Gasteiger partial charge in [-0.05, 0) is 311 Å². The highest BCUT2D eigenvalue weighted by atomic mass is 35.5. The monoisotopic (exact) mass is 2030 g/mol. The number of piperidine rings is 4. The number of H-pyrrole nitrogens is 6. The SMILES string of the molecule is CCCCN1CCN(C(=O)c2cc3cc(Cl)ccc3[nH]2)CC1.CCN1CCN(C(=O)c2cc3cc(Cl)ccc3[nH]2)CC1.Cc1ccc(NC2CCN(C(=O)c3cc4cc(Cl)ccc4[nH]3)CC2)cc1.Cc1ccc(NC2CCN(C(=O)c3cc4cc(Cl)ccc4[nH]3)CC2)cc1C.O=C(c1cc2cc(Cl)ccc2[nH]1)N1CCC(N2CCCC2)CC1.O=C(c1cc2cc(Cl)ccc2[nH]1)N1CCC(NC2CCCC2)CC1. The van der Waals surface area contributed by atoms with Crippen molar-refractivity contribution in [1.29, 1.82) is 0 Å². The van der Waals surface area contributed by atoms with Crippen molar-refractivity contribution in [2.75, 3.05) is 142 Å². The molecule has 8 aliphatic rings. The highest BCUT2D eigenvalue weighted by molar-refractivity contribution is 6.33. The molecule has 0 unspecified atom stereocenters. The van der Waals surface area contributed by atoms with Crippen LogP contribution in [-0.4, -0.2) is 271 Å². The van der Waals surface area contributed by atoms with Crippen LogP contribution in [0.5, 0.6) is 0 Å². The summed E-state index contributed by atoms with van der Waals surface area (Å²) in [5, 5.41) is 21.0. The molecular weight excluding hydrogens is 1910 g/mol. The van der Waals surface area contributed by atoms with Crippen molar-refractivity contribution >= 4 is 182 Å². The van der Waals surface area contributed by atoms with E-state index in [-0.39, 0.29) is 35.4 Å². The summed E-state index contributed by atoms with van der Waals surface area (Å²) in [4.78, 5) is 115. The standard InChI is InChI=1S/C22H24ClN3O.C21H22ClN3O.C19H24ClN3O.C18H22ClN3O.C17H22ClN3O.C15H18ClN3O/c1-14-3-5-19(11-15(14)2)24-18-7-9-26(10-8-18)22(27)21-13-16-12-17(23)4-6-20(16)25-21;1-14-2-5-17(6-3-14)23-18-8-10-25(11-9-18)21(26)20-13-15-12-16(22)4-7-19(15)24-20;20-14-5-6-17-13(11-14)12-18(22-17)19(24)23-9-7-16(8-10-23)21-15-3-1-2-4-15;19-14-3-4-16-13(11-14)12-17(20-16)18(23)22-9-5-15(6-10-22)21-7-1-2-8-21;1-2-3-6-20-7-9-21(10-8-20)17(22)16-12-13-11-14(18)4-5-15(13)19-16;1-2-18-5-7-19(8-6-18)15(20)14-10-11-9-12(16)3-4-13(11)17-14/h3-6,11-13,18,24-25H,7-10H2,1-2H3;2-7,12-13,18,23-24H,8-11H2,1H3;5-6,11-12,15-16,21-22H,1-4,7-10H2;3-4,11-12,15,20H,1-2,5-10H2;4-5,11-12,19H,2-3,6-10H2,1H3;3-4,9-10,17H,2,5-8H2,1H3. The van der Waals surface area contributed by atoms with E-state index in [1.165, 1.54) is 81.1 Å². The van der Waals surface area contributed by atoms with E-state index in [1.54, 1.807) is 0 Å². The van der Waals surface area contributed by atoms with Crippen molar-refractivity contribution in [3.8, 4) is 0 Å². The van der Waals surface area contributed by atoms with Crippen LogP contribution >= 0.6 is 69.6 Å². The summed E-state index contributed by atoms with van der Waals surface area (Å²) >= 11 is 36.1. The molecule has 7 aliphatic heterocycles. The maximum absolute atomic E-state index is 12.8. The maximum Gasteiger partial charge on any atom is 0.270 e. The van der Waals surface area contributed by atoms with Gasteiger partial charge in [0.25, 0.3) is 35.4 Å². The number of likely N-dealkylation sites (tertiary alicyclic amines) is 5. The van der Waals surface area contributed by atoms with Gasteiger partial charge in [-0.2, -0.15) is 0 Å². The average Bonchev–Trinajstić information content (AvgIpc) is 1.68. The lowest BCUT2D eigenvalue weighted by atomic mass is 10.0. The first-order chi connectivity index (χ1) is 68.8. The number of benzene rings is 8. The lowest BCUT2D eigenvalue weighted by Crippen LogP contribution is -2.48. The van der Waals surface area contributed by atoms with E-state index in [1.807, 2.05) is 175 Å². The van der Waals surface area contributed by atoms with Gasteiger partial charge in [-0.3, -0.25) is 33.7 Å². The second kappa shape index (κ2) is 48.1. The van der Waals surface area contributed by atoms with Crippen LogP contribution in [0, 0.1) is 20.8 Å². The molecule has 8 fully saturated rings. The molecule has 142 heavy (non-hydrogen) atoms. The summed E-state index contributed by atoms with van der Waals surface area (Å²) in [6.45, 7) is 28.8. The van der Waals surface area contributed by atoms with Crippen LogP contribution in [0.2, 0.25) is 30.1 Å². The molecule has 0 atom stereocenters. The Labute approximate surface area is 861 Å². The molecule has 14 aromatic rings. The first kappa shape index (κ1) is 102. The molecule has 6 aromatic heterocycles. The first-order valence-corrected chi connectivity index (χ1v) is 53.2. The molecule has 0 bridgehead atoms. The third-order valence-electron chi connectivity index (χ3n) is 29.4. The van der Waals surface area contributed by atoms with E-state index in [0.29, 0.717) is 94.5 Å². The Morgan fingerprint density at radius 3 is 0.894 bits per heavy atom. The van der Waals surface area contributed by atoms with Crippen LogP contribution in [0.15, 0.2) is 188 Å². The molecule has 22 rings (SSSR count). The fraction of sp³-hybridized carbons (Fsp3) is 0.411. The molecule has 7 saturated heterocycles. The lowest BCUT2D eigenvalue weighted by molar-refractivity contribution is 0.0626. The molecule has 13 heterocycles. The second-order valence-corrected chi connectivity index (χ2v) is 41.9. The molecule has 24 nitrogen and oxygen atoms in total. The van der Waals surface area contributed by atoms with Crippen molar-refractivity contribution in [2.45, 2.75) is 168 Å². The van der Waals surface area contributed by atoms with Gasteiger partial charge in [-0.25, -0.2) is 0 Å². The Bertz CT molecular complexity index is 6680. The van der Waals surface area contributed by atoms with Crippen LogP contribution < -0.4 is 16.0 Å². The highest BCUT2D eigenvalue weighted by Gasteiger charge is 2.34. The number of aromatic amines is 6. The Hall–Kier alpha value is -11.0. The number of hydrogen-bond donors (Lipinski definition) is 9. The average molecular weight is 2040 g/mol. The van der Waals surface area contributed by atoms with Gasteiger partial charge in [0.2, 0.25) is 0 Å². The number of likely N-dealkylation sites (N-methyl/N-ethyl adjacent to an activating group) is 1. The number of carbonyl (C=O) groups excluding carboxylic acids is 6. The summed E-state index contributed by atoms with van der Waals surface area (Å²) < 4.78 is 0. The van der Waals surface area contributed by atoms with Gasteiger partial charge in [-0.1, -0.05) is 126 Å². The number of fused-ring (bicyclic) bond motifs is 6. The first-order valence-electron chi connectivity index (χ1n) is 50.9. The minimum absolute atomic E-state index is 0.0612. The van der Waals surface area contributed by atoms with Crippen LogP contribution in [-0.2, 0) is 0 Å². The molecule has 0 radical (unpaired) electrons. The zero-order valence-corrected chi connectivity index (χ0v) is 86.5. The van der Waals surface area contributed by atoms with E-state index in [9.17, 15) is 28.8 Å².